The number of carbonyl (C=O) groups is 1. The van der Waals surface area contributed by atoms with E-state index >= 15 is 0 Å². The number of anilines is 1. The van der Waals surface area contributed by atoms with Gasteiger partial charge >= 0.3 is 0 Å². The summed E-state index contributed by atoms with van der Waals surface area (Å²) in [5.41, 5.74) is 8.21. The summed E-state index contributed by atoms with van der Waals surface area (Å²) in [6.07, 6.45) is -0.995. The van der Waals surface area contributed by atoms with Crippen molar-refractivity contribution in [1.29, 1.82) is 0 Å². The van der Waals surface area contributed by atoms with E-state index in [0.717, 1.165) is 16.8 Å². The van der Waals surface area contributed by atoms with Crippen molar-refractivity contribution in [2.75, 3.05) is 19.0 Å². The first-order valence-corrected chi connectivity index (χ1v) is 11.8. The molecular formula is C26H36N2O6. The number of fused-ring (bicyclic) bond motifs is 3. The molecule has 3 aliphatic carbocycles. The van der Waals surface area contributed by atoms with Crippen LogP contribution < -0.4 is 10.6 Å². The van der Waals surface area contributed by atoms with Gasteiger partial charge in [0.15, 0.2) is 0 Å². The predicted octanol–water partition coefficient (Wildman–Crippen LogP) is 2.76. The minimum absolute atomic E-state index is 0.0310. The van der Waals surface area contributed by atoms with E-state index in [1.165, 1.54) is 0 Å². The number of nitrogens with zero attached hydrogens (tertiary/aromatic N) is 1. The van der Waals surface area contributed by atoms with Crippen molar-refractivity contribution < 1.29 is 30.3 Å². The first kappa shape index (κ1) is 24.4. The van der Waals surface area contributed by atoms with Crippen LogP contribution in [0, 0.1) is 23.2 Å². The molecule has 1 aromatic carbocycles. The molecule has 1 aromatic rings. The fourth-order valence-electron chi connectivity index (χ4n) is 6.23. The summed E-state index contributed by atoms with van der Waals surface area (Å²) < 4.78 is 0. The summed E-state index contributed by atoms with van der Waals surface area (Å²) in [4.78, 5) is 13.8. The second-order valence-corrected chi connectivity index (χ2v) is 11.5. The summed E-state index contributed by atoms with van der Waals surface area (Å²) in [5.74, 6) is -2.71. The van der Waals surface area contributed by atoms with Crippen LogP contribution >= 0.6 is 0 Å². The van der Waals surface area contributed by atoms with Gasteiger partial charge in [-0.15, -0.1) is 0 Å². The van der Waals surface area contributed by atoms with Gasteiger partial charge in [-0.1, -0.05) is 20.8 Å². The van der Waals surface area contributed by atoms with Crippen LogP contribution in [0.15, 0.2) is 28.7 Å². The Labute approximate surface area is 200 Å². The summed E-state index contributed by atoms with van der Waals surface area (Å²) in [6.45, 7) is 6.23. The molecule has 0 bridgehead atoms. The first-order chi connectivity index (χ1) is 15.7. The Kier molecular flexibility index (Phi) is 5.89. The molecule has 0 aliphatic heterocycles. The van der Waals surface area contributed by atoms with Gasteiger partial charge in [0.25, 0.3) is 5.91 Å². The van der Waals surface area contributed by atoms with Gasteiger partial charge in [-0.05, 0) is 53.7 Å². The number of aliphatic hydroxyl groups excluding tert-OH is 4. The maximum absolute atomic E-state index is 11.8. The van der Waals surface area contributed by atoms with Crippen molar-refractivity contribution in [3.8, 4) is 5.75 Å². The molecular weight excluding hydrogens is 436 g/mol. The highest BCUT2D eigenvalue weighted by Gasteiger charge is 2.50. The molecule has 0 radical (unpaired) electrons. The Balaban J connectivity index is 1.87. The van der Waals surface area contributed by atoms with E-state index in [-0.39, 0.29) is 46.5 Å². The van der Waals surface area contributed by atoms with Crippen molar-refractivity contribution in [1.82, 2.24) is 0 Å². The van der Waals surface area contributed by atoms with Crippen LogP contribution in [0.3, 0.4) is 0 Å². The fourth-order valence-corrected chi connectivity index (χ4v) is 6.23. The number of aromatic hydroxyl groups is 1. The highest BCUT2D eigenvalue weighted by Crippen LogP contribution is 2.55. The number of nitrogens with two attached hydrogens (primary N) is 1. The van der Waals surface area contributed by atoms with Gasteiger partial charge < -0.3 is 36.2 Å². The zero-order valence-corrected chi connectivity index (χ0v) is 20.5. The van der Waals surface area contributed by atoms with E-state index in [1.807, 2.05) is 25.1 Å². The highest BCUT2D eigenvalue weighted by molar-refractivity contribution is 5.93. The number of phenolic OH excluding ortho intramolecular Hbond substituents is 1. The van der Waals surface area contributed by atoms with E-state index in [2.05, 4.69) is 20.8 Å². The molecule has 0 spiro atoms. The Bertz CT molecular complexity index is 1100. The van der Waals surface area contributed by atoms with Gasteiger partial charge in [0.1, 0.15) is 23.4 Å². The monoisotopic (exact) mass is 472 g/mol. The molecule has 0 saturated heterocycles. The average Bonchev–Trinajstić information content (AvgIpc) is 2.67. The van der Waals surface area contributed by atoms with E-state index in [9.17, 15) is 30.3 Å². The minimum atomic E-state index is -1.46. The second kappa shape index (κ2) is 8.20. The normalized spacial score (nSPS) is 28.9. The van der Waals surface area contributed by atoms with Crippen molar-refractivity contribution in [2.24, 2.45) is 28.9 Å². The summed E-state index contributed by atoms with van der Waals surface area (Å²) >= 11 is 0. The van der Waals surface area contributed by atoms with Crippen LogP contribution in [0.25, 0.3) is 0 Å². The number of hydrogen-bond donors (Lipinski definition) is 6. The topological polar surface area (TPSA) is 147 Å². The number of benzene rings is 1. The Morgan fingerprint density at radius 1 is 1.15 bits per heavy atom. The number of allylic oxidation sites excluding steroid dienone is 1. The molecule has 7 N–H and O–H groups in total. The lowest BCUT2D eigenvalue weighted by Crippen LogP contribution is -2.45. The van der Waals surface area contributed by atoms with Crippen LogP contribution in [-0.2, 0) is 17.6 Å². The third-order valence-electron chi connectivity index (χ3n) is 7.54. The van der Waals surface area contributed by atoms with E-state index < -0.39 is 24.0 Å². The van der Waals surface area contributed by atoms with E-state index in [1.54, 1.807) is 0 Å². The second-order valence-electron chi connectivity index (χ2n) is 11.5. The van der Waals surface area contributed by atoms with Crippen LogP contribution in [0.1, 0.15) is 56.4 Å². The molecule has 34 heavy (non-hydrogen) atoms. The van der Waals surface area contributed by atoms with Crippen LogP contribution in [0.5, 0.6) is 5.75 Å². The average molecular weight is 473 g/mol. The molecule has 3 aliphatic rings. The number of hydrogen-bond acceptors (Lipinski definition) is 7. The number of aliphatic hydroxyl groups is 4. The minimum Gasteiger partial charge on any atom is -0.512 e. The van der Waals surface area contributed by atoms with Crippen molar-refractivity contribution in [3.05, 3.63) is 45.4 Å². The molecule has 4 rings (SSSR count). The molecule has 5 unspecified atom stereocenters. The van der Waals surface area contributed by atoms with Crippen LogP contribution in [0.4, 0.5) is 5.69 Å². The van der Waals surface area contributed by atoms with Crippen molar-refractivity contribution in [3.63, 3.8) is 0 Å². The number of phenols is 1. The SMILES string of the molecule is CN(C)c1cc(CC(C)(C)C)c(O)c2c1CC1CC3CC(O)=C(C(N)=O)C(O)C3C(O)=C1C2O. The first-order valence-electron chi connectivity index (χ1n) is 11.8. The molecule has 0 saturated carbocycles. The lowest BCUT2D eigenvalue weighted by Gasteiger charge is -2.46. The summed E-state index contributed by atoms with van der Waals surface area (Å²) in [7, 11) is 3.84. The zero-order chi connectivity index (χ0) is 25.3. The fraction of sp³-hybridized carbons (Fsp3) is 0.577. The Hall–Kier alpha value is -2.71. The van der Waals surface area contributed by atoms with Gasteiger partial charge in [0, 0.05) is 37.3 Å². The maximum atomic E-state index is 11.8. The van der Waals surface area contributed by atoms with Crippen molar-refractivity contribution >= 4 is 11.6 Å². The number of primary amides is 1. The molecule has 8 heteroatoms. The van der Waals surface area contributed by atoms with Gasteiger partial charge in [0.2, 0.25) is 0 Å². The molecule has 1 amide bonds. The molecule has 8 nitrogen and oxygen atoms in total. The molecule has 0 heterocycles. The molecule has 0 fully saturated rings. The number of carbonyl (C=O) groups excluding carboxylic acids is 1. The Morgan fingerprint density at radius 3 is 2.35 bits per heavy atom. The van der Waals surface area contributed by atoms with E-state index in [4.69, 9.17) is 5.73 Å². The zero-order valence-electron chi connectivity index (χ0n) is 20.5. The molecule has 0 aromatic heterocycles. The predicted molar refractivity (Wildman–Crippen MR) is 128 cm³/mol. The lowest BCUT2D eigenvalue weighted by molar-refractivity contribution is -0.116. The van der Waals surface area contributed by atoms with Gasteiger partial charge in [-0.25, -0.2) is 0 Å². The van der Waals surface area contributed by atoms with Gasteiger partial charge in [0.05, 0.1) is 17.6 Å². The standard InChI is InChI=1S/C26H36N2O6/c1-26(2,3)10-13-8-15(28(4)5)14-7-11-6-12-9-16(29)20(25(27)34)24(33)18(12)22(31)17(11)23(32)19(14)21(13)30/h8,11-12,18,23-24,29-33H,6-7,9-10H2,1-5H3,(H2,27,34). The smallest absolute Gasteiger partial charge is 0.250 e. The molecule has 5 atom stereocenters. The summed E-state index contributed by atoms with van der Waals surface area (Å²) in [5, 5.41) is 55.2. The third-order valence-corrected chi connectivity index (χ3v) is 7.54. The quantitative estimate of drug-likeness (QED) is 0.396. The van der Waals surface area contributed by atoms with Gasteiger partial charge in [-0.2, -0.15) is 0 Å². The van der Waals surface area contributed by atoms with Gasteiger partial charge in [-0.3, -0.25) is 4.79 Å². The lowest BCUT2D eigenvalue weighted by atomic mass is 9.61. The van der Waals surface area contributed by atoms with Crippen LogP contribution in [-0.4, -0.2) is 51.6 Å². The number of rotatable bonds is 3. The third kappa shape index (κ3) is 3.82. The maximum Gasteiger partial charge on any atom is 0.250 e. The highest BCUT2D eigenvalue weighted by atomic mass is 16.3. The Morgan fingerprint density at radius 2 is 1.79 bits per heavy atom. The van der Waals surface area contributed by atoms with Crippen molar-refractivity contribution in [2.45, 2.75) is 58.7 Å². The summed E-state index contributed by atoms with van der Waals surface area (Å²) in [6, 6.07) is 1.98. The molecule has 186 valence electrons. The number of amides is 1. The van der Waals surface area contributed by atoms with E-state index in [0.29, 0.717) is 30.4 Å². The largest absolute Gasteiger partial charge is 0.512 e. The van der Waals surface area contributed by atoms with Crippen LogP contribution in [0.2, 0.25) is 0 Å².